The zero-order chi connectivity index (χ0) is 17.7. The molecule has 1 fully saturated rings. The summed E-state index contributed by atoms with van der Waals surface area (Å²) in [6.07, 6.45) is 1.65. The summed E-state index contributed by atoms with van der Waals surface area (Å²) in [6, 6.07) is 4.64. The summed E-state index contributed by atoms with van der Waals surface area (Å²) in [4.78, 5) is 0.224. The molecule has 1 aliphatic heterocycles. The first-order valence-electron chi connectivity index (χ1n) is 8.55. The highest BCUT2D eigenvalue weighted by atomic mass is 35.5. The van der Waals surface area contributed by atoms with Gasteiger partial charge < -0.3 is 15.2 Å². The normalized spacial score (nSPS) is 21.4. The fourth-order valence-corrected chi connectivity index (χ4v) is 4.76. The highest BCUT2D eigenvalue weighted by Crippen LogP contribution is 2.33. The van der Waals surface area contributed by atoms with Crippen molar-refractivity contribution in [3.63, 3.8) is 0 Å². The van der Waals surface area contributed by atoms with Crippen molar-refractivity contribution >= 4 is 22.4 Å². The fraction of sp³-hybridized carbons (Fsp3) is 0.647. The lowest BCUT2D eigenvalue weighted by Crippen LogP contribution is -2.49. The Kier molecular flexibility index (Phi) is 8.47. The molecule has 6 nitrogen and oxygen atoms in total. The summed E-state index contributed by atoms with van der Waals surface area (Å²) in [6.45, 7) is 7.63. The summed E-state index contributed by atoms with van der Waals surface area (Å²) >= 11 is 0. The number of piperidine rings is 1. The van der Waals surface area contributed by atoms with Gasteiger partial charge in [-0.2, -0.15) is 4.31 Å². The summed E-state index contributed by atoms with van der Waals surface area (Å²) in [5.41, 5.74) is 5.82. The van der Waals surface area contributed by atoms with Gasteiger partial charge >= 0.3 is 0 Å². The minimum Gasteiger partial charge on any atom is -0.490 e. The minimum atomic E-state index is -3.60. The Labute approximate surface area is 157 Å². The van der Waals surface area contributed by atoms with E-state index in [1.165, 1.54) is 0 Å². The molecule has 2 N–H and O–H groups in total. The first kappa shape index (κ1) is 22.0. The highest BCUT2D eigenvalue weighted by Gasteiger charge is 2.35. The molecule has 25 heavy (non-hydrogen) atoms. The van der Waals surface area contributed by atoms with Gasteiger partial charge in [0.15, 0.2) is 11.5 Å². The van der Waals surface area contributed by atoms with Crippen LogP contribution in [0, 0.1) is 5.92 Å². The van der Waals surface area contributed by atoms with Gasteiger partial charge in [0, 0.05) is 25.2 Å². The van der Waals surface area contributed by atoms with E-state index in [4.69, 9.17) is 15.2 Å². The predicted octanol–water partition coefficient (Wildman–Crippen LogP) is 2.65. The van der Waals surface area contributed by atoms with Crippen LogP contribution in [0.15, 0.2) is 23.1 Å². The Balaban J connectivity index is 0.00000312. The molecule has 1 aliphatic rings. The fourth-order valence-electron chi connectivity index (χ4n) is 3.09. The van der Waals surface area contributed by atoms with Crippen LogP contribution in [-0.2, 0) is 10.0 Å². The van der Waals surface area contributed by atoms with Crippen molar-refractivity contribution in [3.05, 3.63) is 18.2 Å². The molecule has 0 aliphatic carbocycles. The Bertz CT molecular complexity index is 654. The zero-order valence-electron chi connectivity index (χ0n) is 15.1. The van der Waals surface area contributed by atoms with Crippen molar-refractivity contribution in [2.75, 3.05) is 26.3 Å². The Hall–Kier alpha value is -1.02. The lowest BCUT2D eigenvalue weighted by molar-refractivity contribution is 0.211. The van der Waals surface area contributed by atoms with Crippen LogP contribution in [-0.4, -0.2) is 45.1 Å². The number of nitrogens with two attached hydrogens (primary N) is 1. The van der Waals surface area contributed by atoms with Crippen LogP contribution in [0.4, 0.5) is 0 Å². The summed E-state index contributed by atoms with van der Waals surface area (Å²) < 4.78 is 38.7. The van der Waals surface area contributed by atoms with Crippen LogP contribution in [0.1, 0.15) is 33.6 Å². The van der Waals surface area contributed by atoms with E-state index < -0.39 is 10.0 Å². The molecule has 1 saturated heterocycles. The van der Waals surface area contributed by atoms with Crippen LogP contribution in [0.3, 0.4) is 0 Å². The number of benzene rings is 1. The van der Waals surface area contributed by atoms with E-state index in [1.807, 2.05) is 13.8 Å². The standard InChI is InChI=1S/C17H28N2O4S.ClH/c1-4-22-16-7-6-15(11-17(16)23-5-2)24(20,21)19-9-8-13(3)10-14(19)12-18;/h6-7,11,13-14H,4-5,8-10,12,18H2,1-3H3;1H. The molecular weight excluding hydrogens is 364 g/mol. The van der Waals surface area contributed by atoms with E-state index in [0.29, 0.717) is 43.7 Å². The van der Waals surface area contributed by atoms with Crippen molar-refractivity contribution in [1.82, 2.24) is 4.31 Å². The first-order valence-corrected chi connectivity index (χ1v) is 9.99. The SMILES string of the molecule is CCOc1ccc(S(=O)(=O)N2CCC(C)CC2CN)cc1OCC.Cl. The van der Waals surface area contributed by atoms with Crippen molar-refractivity contribution in [1.29, 1.82) is 0 Å². The van der Waals surface area contributed by atoms with Gasteiger partial charge in [0.25, 0.3) is 0 Å². The quantitative estimate of drug-likeness (QED) is 0.771. The molecule has 0 amide bonds. The first-order chi connectivity index (χ1) is 11.4. The third-order valence-corrected chi connectivity index (χ3v) is 6.27. The minimum absolute atomic E-state index is 0. The zero-order valence-corrected chi connectivity index (χ0v) is 16.7. The number of ether oxygens (including phenoxy) is 2. The molecule has 0 spiro atoms. The van der Waals surface area contributed by atoms with E-state index in [2.05, 4.69) is 6.92 Å². The molecule has 0 aromatic heterocycles. The average Bonchev–Trinajstić information content (AvgIpc) is 2.56. The molecule has 2 atom stereocenters. The number of sulfonamides is 1. The van der Waals surface area contributed by atoms with Crippen molar-refractivity contribution in [2.45, 2.75) is 44.6 Å². The summed E-state index contributed by atoms with van der Waals surface area (Å²) in [7, 11) is -3.60. The number of hydrogen-bond acceptors (Lipinski definition) is 5. The molecule has 2 rings (SSSR count). The van der Waals surface area contributed by atoms with Crippen LogP contribution < -0.4 is 15.2 Å². The predicted molar refractivity (Wildman–Crippen MR) is 101 cm³/mol. The number of halogens is 1. The Morgan fingerprint density at radius 1 is 1.20 bits per heavy atom. The summed E-state index contributed by atoms with van der Waals surface area (Å²) in [5.74, 6) is 1.50. The van der Waals surface area contributed by atoms with Crippen LogP contribution in [0.2, 0.25) is 0 Å². The van der Waals surface area contributed by atoms with Crippen LogP contribution in [0.5, 0.6) is 11.5 Å². The van der Waals surface area contributed by atoms with Crippen molar-refractivity contribution in [3.8, 4) is 11.5 Å². The van der Waals surface area contributed by atoms with Crippen molar-refractivity contribution < 1.29 is 17.9 Å². The van der Waals surface area contributed by atoms with Crippen LogP contribution >= 0.6 is 12.4 Å². The maximum Gasteiger partial charge on any atom is 0.243 e. The summed E-state index contributed by atoms with van der Waals surface area (Å²) in [5, 5.41) is 0. The van der Waals surface area contributed by atoms with Crippen molar-refractivity contribution in [2.24, 2.45) is 11.7 Å². The van der Waals surface area contributed by atoms with Gasteiger partial charge in [0.05, 0.1) is 18.1 Å². The molecule has 0 bridgehead atoms. The maximum atomic E-state index is 13.1. The molecule has 8 heteroatoms. The van der Waals surface area contributed by atoms with Gasteiger partial charge in [-0.15, -0.1) is 12.4 Å². The van der Waals surface area contributed by atoms with E-state index >= 15 is 0 Å². The second kappa shape index (κ2) is 9.62. The second-order valence-electron chi connectivity index (χ2n) is 6.11. The lowest BCUT2D eigenvalue weighted by Gasteiger charge is -2.36. The van der Waals surface area contributed by atoms with Gasteiger partial charge in [0.2, 0.25) is 10.0 Å². The number of nitrogens with zero attached hydrogens (tertiary/aromatic N) is 1. The monoisotopic (exact) mass is 392 g/mol. The number of hydrogen-bond donors (Lipinski definition) is 1. The second-order valence-corrected chi connectivity index (χ2v) is 8.00. The Morgan fingerprint density at radius 2 is 1.84 bits per heavy atom. The van der Waals surface area contributed by atoms with Gasteiger partial charge in [-0.3, -0.25) is 0 Å². The molecule has 2 unspecified atom stereocenters. The topological polar surface area (TPSA) is 81.9 Å². The largest absolute Gasteiger partial charge is 0.490 e. The maximum absolute atomic E-state index is 13.1. The molecule has 0 saturated carbocycles. The molecule has 144 valence electrons. The van der Waals surface area contributed by atoms with Gasteiger partial charge in [0.1, 0.15) is 0 Å². The van der Waals surface area contributed by atoms with E-state index in [-0.39, 0.29) is 23.3 Å². The Morgan fingerprint density at radius 3 is 2.44 bits per heavy atom. The molecule has 0 radical (unpaired) electrons. The van der Waals surface area contributed by atoms with Gasteiger partial charge in [-0.05, 0) is 44.7 Å². The molecular formula is C17H29ClN2O4S. The molecule has 1 aromatic rings. The number of rotatable bonds is 7. The van der Waals surface area contributed by atoms with Gasteiger partial charge in [-0.25, -0.2) is 8.42 Å². The highest BCUT2D eigenvalue weighted by molar-refractivity contribution is 7.89. The van der Waals surface area contributed by atoms with E-state index in [0.717, 1.165) is 12.8 Å². The van der Waals surface area contributed by atoms with E-state index in [9.17, 15) is 8.42 Å². The molecule has 1 heterocycles. The van der Waals surface area contributed by atoms with E-state index in [1.54, 1.807) is 22.5 Å². The van der Waals surface area contributed by atoms with Gasteiger partial charge in [-0.1, -0.05) is 6.92 Å². The van der Waals surface area contributed by atoms with Crippen LogP contribution in [0.25, 0.3) is 0 Å². The molecule has 1 aromatic carbocycles. The smallest absolute Gasteiger partial charge is 0.243 e. The lowest BCUT2D eigenvalue weighted by atomic mass is 9.94. The third kappa shape index (κ3) is 5.00. The third-order valence-electron chi connectivity index (χ3n) is 4.32. The average molecular weight is 393 g/mol.